The molecule has 0 radical (unpaired) electrons. The van der Waals surface area contributed by atoms with Crippen LogP contribution in [0, 0.1) is 0 Å². The summed E-state index contributed by atoms with van der Waals surface area (Å²) in [4.78, 5) is 14.2. The molecule has 1 aromatic rings. The van der Waals surface area contributed by atoms with Gasteiger partial charge in [0.1, 0.15) is 24.4 Å². The molecule has 10 heteroatoms. The highest BCUT2D eigenvalue weighted by atomic mass is 16.7. The molecule has 0 bridgehead atoms. The van der Waals surface area contributed by atoms with Crippen molar-refractivity contribution in [3.63, 3.8) is 0 Å². The van der Waals surface area contributed by atoms with Gasteiger partial charge in [0.25, 0.3) is 0 Å². The third-order valence-electron chi connectivity index (χ3n) is 8.67. The molecule has 1 saturated heterocycles. The van der Waals surface area contributed by atoms with Crippen LogP contribution in [-0.4, -0.2) is 89.5 Å². The summed E-state index contributed by atoms with van der Waals surface area (Å²) in [5.74, 6) is 0.872. The fraction of sp³-hybridized carbons (Fsp3) is 0.829. The normalized spacial score (nSPS) is 20.3. The minimum atomic E-state index is -1.05. The lowest BCUT2D eigenvalue weighted by Crippen LogP contribution is -2.62. The van der Waals surface area contributed by atoms with Crippen LogP contribution in [0.25, 0.3) is 0 Å². The Kier molecular flexibility index (Phi) is 25.1. The van der Waals surface area contributed by atoms with E-state index in [1.807, 2.05) is 0 Å². The van der Waals surface area contributed by atoms with Crippen LogP contribution in [0.2, 0.25) is 0 Å². The molecule has 1 aliphatic rings. The summed E-state index contributed by atoms with van der Waals surface area (Å²) < 4.78 is 57.1. The molecule has 10 nitrogen and oxygen atoms in total. The van der Waals surface area contributed by atoms with Crippen LogP contribution in [0.5, 0.6) is 17.2 Å². The van der Waals surface area contributed by atoms with Gasteiger partial charge in [-0.2, -0.15) is 0 Å². The second kappa shape index (κ2) is 28.4. The van der Waals surface area contributed by atoms with Gasteiger partial charge in [-0.15, -0.1) is 0 Å². The molecule has 0 saturated carbocycles. The molecule has 5 unspecified atom stereocenters. The van der Waals surface area contributed by atoms with Crippen LogP contribution >= 0.6 is 0 Å². The smallest absolute Gasteiger partial charge is 0.340 e. The predicted octanol–water partition coefficient (Wildman–Crippen LogP) is 9.48. The standard InChI is InChI=1S/C41H72O10/c1-8-15-22-43-31-35-37(47-26-19-12-5)38(48-27-20-13-6)39(49-28-21-14-7)41(50-35)51-40(42)32-29-33(44-23-16-9-2)36(46-25-18-11-4)34(30-32)45-24-17-10-3/h29-30,35,37-39,41H,8-28,31H2,1-7H3. The van der Waals surface area contributed by atoms with Crippen molar-refractivity contribution < 1.29 is 47.4 Å². The third-order valence-corrected chi connectivity index (χ3v) is 8.67. The average Bonchev–Trinajstić information content (AvgIpc) is 3.13. The van der Waals surface area contributed by atoms with Crippen molar-refractivity contribution in [3.8, 4) is 17.2 Å². The predicted molar refractivity (Wildman–Crippen MR) is 201 cm³/mol. The molecule has 0 N–H and O–H groups in total. The molecule has 1 heterocycles. The first-order valence-electron chi connectivity index (χ1n) is 20.3. The maximum absolute atomic E-state index is 14.2. The van der Waals surface area contributed by atoms with Gasteiger partial charge in [-0.1, -0.05) is 93.4 Å². The summed E-state index contributed by atoms with van der Waals surface area (Å²) in [6.45, 7) is 18.8. The molecule has 0 amide bonds. The number of hydrogen-bond acceptors (Lipinski definition) is 10. The lowest BCUT2D eigenvalue weighted by Gasteiger charge is -2.45. The number of benzene rings is 1. The van der Waals surface area contributed by atoms with E-state index in [2.05, 4.69) is 48.5 Å². The van der Waals surface area contributed by atoms with Gasteiger partial charge >= 0.3 is 5.97 Å². The maximum Gasteiger partial charge on any atom is 0.340 e. The van der Waals surface area contributed by atoms with Crippen LogP contribution in [0.3, 0.4) is 0 Å². The summed E-state index contributed by atoms with van der Waals surface area (Å²) in [6, 6.07) is 3.39. The monoisotopic (exact) mass is 725 g/mol. The first kappa shape index (κ1) is 45.0. The van der Waals surface area contributed by atoms with Crippen molar-refractivity contribution >= 4 is 5.97 Å². The van der Waals surface area contributed by atoms with Crippen LogP contribution in [0.4, 0.5) is 0 Å². The Labute approximate surface area is 309 Å². The van der Waals surface area contributed by atoms with Crippen molar-refractivity contribution in [1.29, 1.82) is 0 Å². The van der Waals surface area contributed by atoms with Gasteiger partial charge in [-0.3, -0.25) is 0 Å². The van der Waals surface area contributed by atoms with Crippen LogP contribution in [0.1, 0.15) is 149 Å². The summed E-state index contributed by atoms with van der Waals surface area (Å²) in [5.41, 5.74) is 0.285. The van der Waals surface area contributed by atoms with Crippen molar-refractivity contribution in [1.82, 2.24) is 0 Å². The van der Waals surface area contributed by atoms with Crippen molar-refractivity contribution in [2.75, 3.05) is 52.9 Å². The zero-order valence-corrected chi connectivity index (χ0v) is 33.2. The molecule has 51 heavy (non-hydrogen) atoms. The van der Waals surface area contributed by atoms with E-state index in [-0.39, 0.29) is 12.2 Å². The van der Waals surface area contributed by atoms with Gasteiger partial charge < -0.3 is 42.6 Å². The lowest BCUT2D eigenvalue weighted by atomic mass is 9.98. The minimum absolute atomic E-state index is 0.285. The quantitative estimate of drug-likeness (QED) is 0.0544. The summed E-state index contributed by atoms with van der Waals surface area (Å²) in [7, 11) is 0. The Morgan fingerprint density at radius 3 is 1.49 bits per heavy atom. The zero-order chi connectivity index (χ0) is 37.1. The molecular formula is C41H72O10. The summed E-state index contributed by atoms with van der Waals surface area (Å²) in [6.07, 6.45) is 9.85. The van der Waals surface area contributed by atoms with Gasteiger partial charge in [0.05, 0.1) is 32.0 Å². The number of esters is 1. The molecule has 0 aliphatic carbocycles. The van der Waals surface area contributed by atoms with E-state index in [1.165, 1.54) is 0 Å². The van der Waals surface area contributed by atoms with E-state index >= 15 is 0 Å². The molecule has 5 atom stereocenters. The number of carbonyl (C=O) groups excluding carboxylic acids is 1. The number of hydrogen-bond donors (Lipinski definition) is 0. The van der Waals surface area contributed by atoms with E-state index in [4.69, 9.17) is 42.6 Å². The number of carbonyl (C=O) groups is 1. The van der Waals surface area contributed by atoms with Gasteiger partial charge in [0.15, 0.2) is 11.5 Å². The first-order valence-corrected chi connectivity index (χ1v) is 20.3. The maximum atomic E-state index is 14.2. The van der Waals surface area contributed by atoms with E-state index < -0.39 is 36.7 Å². The Bertz CT molecular complexity index is 989. The van der Waals surface area contributed by atoms with Crippen LogP contribution in [0.15, 0.2) is 12.1 Å². The van der Waals surface area contributed by atoms with Crippen LogP contribution < -0.4 is 14.2 Å². The number of rotatable bonds is 31. The highest BCUT2D eigenvalue weighted by Gasteiger charge is 2.50. The number of unbranched alkanes of at least 4 members (excludes halogenated alkanes) is 7. The zero-order valence-electron chi connectivity index (χ0n) is 33.2. The molecule has 296 valence electrons. The molecular weight excluding hydrogens is 652 g/mol. The van der Waals surface area contributed by atoms with E-state index in [9.17, 15) is 4.79 Å². The molecule has 1 aromatic carbocycles. The second-order valence-electron chi connectivity index (χ2n) is 13.4. The van der Waals surface area contributed by atoms with Crippen LogP contribution in [-0.2, 0) is 28.4 Å². The SMILES string of the molecule is CCCCOCC1OC(OC(=O)c2cc(OCCCC)c(OCCCC)c(OCCCC)c2)C(OCCCC)C(OCCCC)C1OCCCC. The summed E-state index contributed by atoms with van der Waals surface area (Å²) >= 11 is 0. The van der Waals surface area contributed by atoms with Gasteiger partial charge in [-0.05, 0) is 57.1 Å². The summed E-state index contributed by atoms with van der Waals surface area (Å²) in [5, 5.41) is 0. The molecule has 1 aliphatic heterocycles. The molecule has 0 spiro atoms. The first-order chi connectivity index (χ1) is 25.0. The minimum Gasteiger partial charge on any atom is -0.490 e. The third kappa shape index (κ3) is 16.6. The second-order valence-corrected chi connectivity index (χ2v) is 13.4. The molecule has 1 fully saturated rings. The average molecular weight is 725 g/mol. The highest BCUT2D eigenvalue weighted by molar-refractivity contribution is 5.91. The Hall–Kier alpha value is -2.11. The fourth-order valence-electron chi connectivity index (χ4n) is 5.41. The Balaban J connectivity index is 2.54. The Morgan fingerprint density at radius 2 is 0.980 bits per heavy atom. The van der Waals surface area contributed by atoms with Crippen molar-refractivity contribution in [3.05, 3.63) is 17.7 Å². The van der Waals surface area contributed by atoms with E-state index in [0.29, 0.717) is 63.5 Å². The number of ether oxygens (including phenoxy) is 9. The van der Waals surface area contributed by atoms with Gasteiger partial charge in [0, 0.05) is 26.4 Å². The topological polar surface area (TPSA) is 100 Å². The molecule has 2 rings (SSSR count). The van der Waals surface area contributed by atoms with Gasteiger partial charge in [0.2, 0.25) is 12.0 Å². The van der Waals surface area contributed by atoms with E-state index in [0.717, 1.165) is 89.9 Å². The Morgan fingerprint density at radius 1 is 0.549 bits per heavy atom. The largest absolute Gasteiger partial charge is 0.490 e. The fourth-order valence-corrected chi connectivity index (χ4v) is 5.41. The van der Waals surface area contributed by atoms with Crippen molar-refractivity contribution in [2.24, 2.45) is 0 Å². The van der Waals surface area contributed by atoms with Crippen molar-refractivity contribution in [2.45, 2.75) is 169 Å². The molecule has 0 aromatic heterocycles. The lowest BCUT2D eigenvalue weighted by molar-refractivity contribution is -0.310. The van der Waals surface area contributed by atoms with E-state index in [1.54, 1.807) is 12.1 Å². The van der Waals surface area contributed by atoms with Gasteiger partial charge in [-0.25, -0.2) is 4.79 Å². The highest BCUT2D eigenvalue weighted by Crippen LogP contribution is 2.40.